The van der Waals surface area contributed by atoms with Crippen LogP contribution in [0.4, 0.5) is 5.95 Å². The number of hydrogen-bond donors (Lipinski definition) is 2. The van der Waals surface area contributed by atoms with E-state index in [2.05, 4.69) is 34.0 Å². The molecule has 0 spiro atoms. The van der Waals surface area contributed by atoms with Crippen LogP contribution in [0.1, 0.15) is 18.4 Å². The molecule has 3 rings (SSSR count). The van der Waals surface area contributed by atoms with Gasteiger partial charge in [0.2, 0.25) is 5.95 Å². The minimum Gasteiger partial charge on any atom is -0.369 e. The molecular formula is C14H16ClN5O. The molecule has 0 saturated carbocycles. The molecule has 21 heavy (non-hydrogen) atoms. The second kappa shape index (κ2) is 5.97. The van der Waals surface area contributed by atoms with Gasteiger partial charge in [0.05, 0.1) is 6.33 Å². The molecule has 0 saturated heterocycles. The maximum atomic E-state index is 11.7. The Morgan fingerprint density at radius 2 is 2.05 bits per heavy atom. The number of nitrogens with one attached hydrogen (secondary N) is 1. The lowest BCUT2D eigenvalue weighted by Crippen LogP contribution is -2.13. The molecule has 7 heteroatoms. The first-order valence-corrected chi connectivity index (χ1v) is 6.40. The fourth-order valence-corrected chi connectivity index (χ4v) is 2.29. The van der Waals surface area contributed by atoms with Crippen molar-refractivity contribution < 1.29 is 0 Å². The molecule has 3 N–H and O–H groups in total. The van der Waals surface area contributed by atoms with Crippen molar-refractivity contribution in [1.29, 1.82) is 0 Å². The largest absolute Gasteiger partial charge is 0.369 e. The molecule has 0 bridgehead atoms. The van der Waals surface area contributed by atoms with E-state index < -0.39 is 0 Å². The summed E-state index contributed by atoms with van der Waals surface area (Å²) >= 11 is 0. The third kappa shape index (κ3) is 2.90. The highest BCUT2D eigenvalue weighted by Gasteiger charge is 2.12. The zero-order chi connectivity index (χ0) is 14.1. The number of halogens is 1. The average molecular weight is 306 g/mol. The lowest BCUT2D eigenvalue weighted by Gasteiger charge is -2.12. The van der Waals surface area contributed by atoms with Gasteiger partial charge in [0.25, 0.3) is 5.56 Å². The molecule has 6 nitrogen and oxygen atoms in total. The molecule has 0 aliphatic carbocycles. The lowest BCUT2D eigenvalue weighted by atomic mass is 10.0. The van der Waals surface area contributed by atoms with Crippen LogP contribution in [0.3, 0.4) is 0 Å². The Balaban J connectivity index is 0.00000161. The summed E-state index contributed by atoms with van der Waals surface area (Å²) in [6.45, 7) is 2.81. The van der Waals surface area contributed by atoms with Crippen molar-refractivity contribution >= 4 is 29.5 Å². The third-order valence-electron chi connectivity index (χ3n) is 3.33. The van der Waals surface area contributed by atoms with E-state index in [1.807, 2.05) is 22.8 Å². The first-order chi connectivity index (χ1) is 9.65. The highest BCUT2D eigenvalue weighted by Crippen LogP contribution is 2.18. The number of anilines is 1. The number of aromatic nitrogens is 4. The number of aromatic amines is 1. The van der Waals surface area contributed by atoms with Crippen LogP contribution >= 0.6 is 12.4 Å². The molecule has 0 radical (unpaired) electrons. The lowest BCUT2D eigenvalue weighted by molar-refractivity contribution is 0.607. The van der Waals surface area contributed by atoms with Crippen LogP contribution in [0.5, 0.6) is 0 Å². The quantitative estimate of drug-likeness (QED) is 0.773. The maximum absolute atomic E-state index is 11.7. The highest BCUT2D eigenvalue weighted by atomic mass is 35.5. The standard InChI is InChI=1S/C14H15N5O.ClH/c1-9(10-5-3-2-4-6-10)7-19-8-16-11-12(19)17-14(15)18-13(11)20;/h2-6,8-9H,7H2,1H3,(H3,15,17,18,20);1H. The summed E-state index contributed by atoms with van der Waals surface area (Å²) in [5.74, 6) is 0.396. The first kappa shape index (κ1) is 15.1. The molecule has 1 unspecified atom stereocenters. The van der Waals surface area contributed by atoms with Gasteiger partial charge in [-0.1, -0.05) is 37.3 Å². The van der Waals surface area contributed by atoms with Gasteiger partial charge in [-0.05, 0) is 11.5 Å². The Morgan fingerprint density at radius 1 is 1.33 bits per heavy atom. The normalized spacial score (nSPS) is 12.0. The second-order valence-corrected chi connectivity index (χ2v) is 4.83. The number of nitrogens with two attached hydrogens (primary N) is 1. The van der Waals surface area contributed by atoms with E-state index in [0.29, 0.717) is 17.7 Å². The summed E-state index contributed by atoms with van der Waals surface area (Å²) in [6, 6.07) is 10.2. The third-order valence-corrected chi connectivity index (χ3v) is 3.33. The average Bonchev–Trinajstić information content (AvgIpc) is 2.83. The number of imidazole rings is 1. The zero-order valence-electron chi connectivity index (χ0n) is 11.5. The monoisotopic (exact) mass is 305 g/mol. The van der Waals surface area contributed by atoms with Gasteiger partial charge < -0.3 is 10.3 Å². The molecule has 0 aliphatic rings. The topological polar surface area (TPSA) is 89.6 Å². The van der Waals surface area contributed by atoms with Crippen LogP contribution in [0.25, 0.3) is 11.2 Å². The molecule has 0 aliphatic heterocycles. The number of rotatable bonds is 3. The molecule has 0 amide bonds. The fourth-order valence-electron chi connectivity index (χ4n) is 2.29. The van der Waals surface area contributed by atoms with Crippen LogP contribution in [0.2, 0.25) is 0 Å². The van der Waals surface area contributed by atoms with Crippen LogP contribution in [0, 0.1) is 0 Å². The van der Waals surface area contributed by atoms with Crippen LogP contribution in [0.15, 0.2) is 41.5 Å². The number of fused-ring (bicyclic) bond motifs is 1. The van der Waals surface area contributed by atoms with Crippen molar-refractivity contribution in [2.45, 2.75) is 19.4 Å². The summed E-state index contributed by atoms with van der Waals surface area (Å²) in [7, 11) is 0. The number of nitrogen functional groups attached to an aromatic ring is 1. The summed E-state index contributed by atoms with van der Waals surface area (Å²) in [6.07, 6.45) is 1.63. The van der Waals surface area contributed by atoms with Crippen LogP contribution < -0.4 is 11.3 Å². The summed E-state index contributed by atoms with van der Waals surface area (Å²) < 4.78 is 1.86. The summed E-state index contributed by atoms with van der Waals surface area (Å²) in [5, 5.41) is 0. The van der Waals surface area contributed by atoms with Gasteiger partial charge in [0, 0.05) is 6.54 Å². The second-order valence-electron chi connectivity index (χ2n) is 4.83. The maximum Gasteiger partial charge on any atom is 0.280 e. The molecular weight excluding hydrogens is 290 g/mol. The summed E-state index contributed by atoms with van der Waals surface area (Å²) in [4.78, 5) is 22.4. The van der Waals surface area contributed by atoms with Crippen molar-refractivity contribution in [3.05, 3.63) is 52.6 Å². The van der Waals surface area contributed by atoms with Gasteiger partial charge in [-0.15, -0.1) is 12.4 Å². The van der Waals surface area contributed by atoms with Gasteiger partial charge >= 0.3 is 0 Å². The Morgan fingerprint density at radius 3 is 2.76 bits per heavy atom. The molecule has 2 heterocycles. The van der Waals surface area contributed by atoms with Crippen LogP contribution in [-0.2, 0) is 6.54 Å². The van der Waals surface area contributed by atoms with E-state index in [9.17, 15) is 4.79 Å². The number of nitrogens with zero attached hydrogens (tertiary/aromatic N) is 3. The van der Waals surface area contributed by atoms with Gasteiger partial charge in [-0.2, -0.15) is 4.98 Å². The van der Waals surface area contributed by atoms with Gasteiger partial charge in [-0.25, -0.2) is 4.98 Å². The zero-order valence-corrected chi connectivity index (χ0v) is 12.3. The number of benzene rings is 1. The molecule has 2 aromatic heterocycles. The van der Waals surface area contributed by atoms with Gasteiger partial charge in [-0.3, -0.25) is 9.78 Å². The Labute approximate surface area is 127 Å². The van der Waals surface area contributed by atoms with Crippen molar-refractivity contribution in [2.24, 2.45) is 0 Å². The highest BCUT2D eigenvalue weighted by molar-refractivity contribution is 5.85. The minimum atomic E-state index is -0.307. The minimum absolute atomic E-state index is 0. The number of H-pyrrole nitrogens is 1. The predicted octanol–water partition coefficient (Wildman–Crippen LogP) is 1.93. The van der Waals surface area contributed by atoms with E-state index in [0.717, 1.165) is 0 Å². The fraction of sp³-hybridized carbons (Fsp3) is 0.214. The Hall–Kier alpha value is -2.34. The van der Waals surface area contributed by atoms with E-state index in [1.165, 1.54) is 5.56 Å². The van der Waals surface area contributed by atoms with Crippen LogP contribution in [-0.4, -0.2) is 19.5 Å². The van der Waals surface area contributed by atoms with Crippen molar-refractivity contribution in [3.63, 3.8) is 0 Å². The van der Waals surface area contributed by atoms with E-state index in [1.54, 1.807) is 6.33 Å². The molecule has 0 fully saturated rings. The molecule has 3 aromatic rings. The Bertz CT molecular complexity index is 796. The smallest absolute Gasteiger partial charge is 0.280 e. The number of hydrogen-bond acceptors (Lipinski definition) is 4. The summed E-state index contributed by atoms with van der Waals surface area (Å²) in [5.41, 5.74) is 7.35. The Kier molecular flexibility index (Phi) is 4.28. The van der Waals surface area contributed by atoms with E-state index in [-0.39, 0.29) is 29.8 Å². The van der Waals surface area contributed by atoms with E-state index >= 15 is 0 Å². The van der Waals surface area contributed by atoms with Gasteiger partial charge in [0.1, 0.15) is 0 Å². The SMILES string of the molecule is CC(Cn1cnc2c(=O)[nH]c(N)nc21)c1ccccc1.Cl. The van der Waals surface area contributed by atoms with Crippen molar-refractivity contribution in [1.82, 2.24) is 19.5 Å². The van der Waals surface area contributed by atoms with Crippen molar-refractivity contribution in [2.75, 3.05) is 5.73 Å². The molecule has 1 aromatic carbocycles. The molecule has 1 atom stereocenters. The van der Waals surface area contributed by atoms with E-state index in [4.69, 9.17) is 5.73 Å². The first-order valence-electron chi connectivity index (χ1n) is 6.40. The predicted molar refractivity (Wildman–Crippen MR) is 84.7 cm³/mol. The van der Waals surface area contributed by atoms with Gasteiger partial charge in [0.15, 0.2) is 11.2 Å². The van der Waals surface area contributed by atoms with Crippen molar-refractivity contribution in [3.8, 4) is 0 Å². The molecule has 110 valence electrons.